The number of hydrogen-bond acceptors (Lipinski definition) is 5. The number of anilines is 1. The number of halogens is 2. The zero-order chi connectivity index (χ0) is 31.3. The molecule has 3 heterocycles. The summed E-state index contributed by atoms with van der Waals surface area (Å²) in [5.41, 5.74) is -4.00. The predicted molar refractivity (Wildman–Crippen MR) is 160 cm³/mol. The molecule has 13 heteroatoms. The van der Waals surface area contributed by atoms with Crippen molar-refractivity contribution in [2.75, 3.05) is 18.0 Å². The number of fused-ring (bicyclic) bond motifs is 2. The summed E-state index contributed by atoms with van der Waals surface area (Å²) in [6.45, 7) is 6.38. The first-order valence-electron chi connectivity index (χ1n) is 14.1. The predicted octanol–water partition coefficient (Wildman–Crippen LogP) is 5.24. The van der Waals surface area contributed by atoms with E-state index in [9.17, 15) is 27.7 Å². The van der Waals surface area contributed by atoms with Crippen molar-refractivity contribution in [2.45, 2.75) is 64.2 Å². The maximum absolute atomic E-state index is 14.3. The number of nitrogens with zero attached hydrogens (tertiary/aromatic N) is 2. The average molecular weight is 634 g/mol. The third-order valence-electron chi connectivity index (χ3n) is 8.04. The van der Waals surface area contributed by atoms with Gasteiger partial charge in [0.2, 0.25) is 11.8 Å². The third-order valence-corrected chi connectivity index (χ3v) is 10.1. The van der Waals surface area contributed by atoms with Gasteiger partial charge in [0.1, 0.15) is 12.1 Å². The summed E-state index contributed by atoms with van der Waals surface area (Å²) in [6, 6.07) is 10.6. The number of amides is 3. The number of rotatable bonds is 6. The van der Waals surface area contributed by atoms with E-state index >= 15 is 0 Å². The van der Waals surface area contributed by atoms with E-state index in [1.165, 1.54) is 12.1 Å². The molecule has 2 aliphatic heterocycles. The zero-order valence-electron chi connectivity index (χ0n) is 24.0. The van der Waals surface area contributed by atoms with Gasteiger partial charge in [-0.3, -0.25) is 18.9 Å². The van der Waals surface area contributed by atoms with Crippen LogP contribution in [0.2, 0.25) is 0 Å². The van der Waals surface area contributed by atoms with Gasteiger partial charge in [0.25, 0.3) is 5.91 Å². The van der Waals surface area contributed by atoms with Crippen LogP contribution in [0.25, 0.3) is 10.1 Å². The van der Waals surface area contributed by atoms with Gasteiger partial charge in [-0.15, -0.1) is 11.3 Å². The summed E-state index contributed by atoms with van der Waals surface area (Å²) >= 11 is 1.01. The van der Waals surface area contributed by atoms with Gasteiger partial charge in [-0.2, -0.15) is 8.78 Å². The van der Waals surface area contributed by atoms with Gasteiger partial charge in [0.15, 0.2) is 0 Å². The lowest BCUT2D eigenvalue weighted by molar-refractivity contribution is -0.141. The summed E-state index contributed by atoms with van der Waals surface area (Å²) in [5.74, 6) is -1.10. The molecule has 3 aromatic rings. The maximum Gasteiger partial charge on any atom is 0.399 e. The molecule has 0 bridgehead atoms. The Bertz CT molecular complexity index is 1630. The van der Waals surface area contributed by atoms with E-state index in [4.69, 9.17) is 9.79 Å². The number of hydrogen-bond donors (Lipinski definition) is 3. The number of para-hydroxylation sites is 1. The van der Waals surface area contributed by atoms with Crippen LogP contribution in [-0.4, -0.2) is 57.6 Å². The molecule has 5 rings (SSSR count). The largest absolute Gasteiger partial charge is 0.399 e. The van der Waals surface area contributed by atoms with Crippen molar-refractivity contribution in [3.8, 4) is 0 Å². The second-order valence-corrected chi connectivity index (χ2v) is 14.9. The molecule has 0 aliphatic carbocycles. The van der Waals surface area contributed by atoms with E-state index in [2.05, 4.69) is 5.32 Å². The fraction of sp³-hybridized carbons (Fsp3) is 0.433. The molecule has 0 spiro atoms. The van der Waals surface area contributed by atoms with Crippen molar-refractivity contribution in [2.24, 2.45) is 5.41 Å². The smallest absolute Gasteiger partial charge is 0.339 e. The lowest BCUT2D eigenvalue weighted by Crippen LogP contribution is -2.58. The van der Waals surface area contributed by atoms with Crippen molar-refractivity contribution in [3.63, 3.8) is 0 Å². The molecule has 2 aromatic carbocycles. The van der Waals surface area contributed by atoms with Gasteiger partial charge in [-0.05, 0) is 66.3 Å². The molecule has 0 radical (unpaired) electrons. The number of carbonyl (C=O) groups is 3. The minimum absolute atomic E-state index is 0.135. The highest BCUT2D eigenvalue weighted by Crippen LogP contribution is 2.59. The van der Waals surface area contributed by atoms with Crippen LogP contribution in [0, 0.1) is 5.41 Å². The highest BCUT2D eigenvalue weighted by Gasteiger charge is 2.50. The first kappa shape index (κ1) is 31.3. The molecule has 0 unspecified atom stereocenters. The molecule has 230 valence electrons. The van der Waals surface area contributed by atoms with Gasteiger partial charge >= 0.3 is 13.3 Å². The van der Waals surface area contributed by atoms with E-state index < -0.39 is 42.2 Å². The number of aryl methyl sites for hydroxylation is 1. The first-order chi connectivity index (χ1) is 20.1. The zero-order valence-corrected chi connectivity index (χ0v) is 25.8. The number of benzene rings is 2. The lowest BCUT2D eigenvalue weighted by atomic mass is 9.85. The number of thiophene rings is 1. The van der Waals surface area contributed by atoms with Crippen LogP contribution in [0.5, 0.6) is 0 Å². The van der Waals surface area contributed by atoms with Crippen molar-refractivity contribution in [1.82, 2.24) is 10.2 Å². The lowest BCUT2D eigenvalue weighted by Gasteiger charge is -2.37. The van der Waals surface area contributed by atoms with E-state index in [-0.39, 0.29) is 22.1 Å². The van der Waals surface area contributed by atoms with Crippen molar-refractivity contribution in [1.29, 1.82) is 0 Å². The average Bonchev–Trinajstić information content (AvgIpc) is 3.61. The molecule has 2 aliphatic rings. The fourth-order valence-electron chi connectivity index (χ4n) is 5.76. The van der Waals surface area contributed by atoms with Crippen LogP contribution < -0.4 is 10.2 Å². The van der Waals surface area contributed by atoms with Crippen molar-refractivity contribution in [3.05, 3.63) is 64.5 Å². The number of carbonyl (C=O) groups excluding carboxylic acids is 3. The minimum atomic E-state index is -5.76. The van der Waals surface area contributed by atoms with Gasteiger partial charge in [-0.1, -0.05) is 45.0 Å². The molecule has 1 fully saturated rings. The topological polar surface area (TPSA) is 127 Å². The summed E-state index contributed by atoms with van der Waals surface area (Å²) in [4.78, 5) is 62.9. The Labute approximate surface area is 252 Å². The van der Waals surface area contributed by atoms with Crippen molar-refractivity contribution >= 4 is 52.4 Å². The Kier molecular flexibility index (Phi) is 8.28. The van der Waals surface area contributed by atoms with Crippen LogP contribution in [0.3, 0.4) is 0 Å². The Morgan fingerprint density at radius 1 is 1.05 bits per heavy atom. The monoisotopic (exact) mass is 633 g/mol. The molecule has 3 amide bonds. The Morgan fingerprint density at radius 3 is 2.47 bits per heavy atom. The number of alkyl halides is 2. The first-order valence-corrected chi connectivity index (χ1v) is 16.5. The summed E-state index contributed by atoms with van der Waals surface area (Å²) < 4.78 is 40.3. The van der Waals surface area contributed by atoms with Crippen LogP contribution in [0.1, 0.15) is 60.8 Å². The van der Waals surface area contributed by atoms with Gasteiger partial charge < -0.3 is 24.9 Å². The highest BCUT2D eigenvalue weighted by molar-refractivity contribution is 7.52. The number of nitrogens with one attached hydrogen (secondary N) is 1. The van der Waals surface area contributed by atoms with E-state index in [1.54, 1.807) is 9.80 Å². The molecular formula is C30H34F2N3O6PS. The molecule has 3 N–H and O–H groups in total. The molecule has 0 saturated carbocycles. The highest BCUT2D eigenvalue weighted by atomic mass is 32.1. The van der Waals surface area contributed by atoms with Gasteiger partial charge in [-0.25, -0.2) is 0 Å². The second-order valence-electron chi connectivity index (χ2n) is 12.1. The maximum atomic E-state index is 14.3. The second kappa shape index (κ2) is 11.4. The van der Waals surface area contributed by atoms with E-state index in [0.29, 0.717) is 30.6 Å². The molecule has 1 saturated heterocycles. The van der Waals surface area contributed by atoms with Gasteiger partial charge in [0.05, 0.1) is 4.88 Å². The molecule has 9 nitrogen and oxygen atoms in total. The normalized spacial score (nSPS) is 18.4. The van der Waals surface area contributed by atoms with Crippen LogP contribution in [0.4, 0.5) is 14.5 Å². The molecular weight excluding hydrogens is 599 g/mol. The third kappa shape index (κ3) is 5.98. The van der Waals surface area contributed by atoms with Crippen LogP contribution >= 0.6 is 18.9 Å². The summed E-state index contributed by atoms with van der Waals surface area (Å²) in [7, 11) is -5.76. The SMILES string of the molecule is CC(C)(C)[C@H](NC(=O)c1cc2cc(C(F)(F)P(=O)(O)O)ccc2s1)C(=O)N1CCC[C@H]1C(=O)N1CCCc2ccccc21. The Balaban J connectivity index is 1.37. The minimum Gasteiger partial charge on any atom is -0.339 e. The quantitative estimate of drug-likeness (QED) is 0.319. The van der Waals surface area contributed by atoms with E-state index in [0.717, 1.165) is 47.6 Å². The standard InChI is InChI=1S/C30H34F2N3O6PS/c1-29(2,3)25(33-26(36)24-17-19-16-20(12-13-23(19)43-24)30(31,32)42(39,40)41)28(38)35-15-7-11-22(35)27(37)34-14-6-9-18-8-4-5-10-21(18)34/h4-5,8,10,12-13,16-17,22,25H,6-7,9,11,14-15H2,1-3H3,(H,33,36)(H2,39,40,41)/t22-,25+/m0/s1. The molecule has 2 atom stereocenters. The van der Waals surface area contributed by atoms with Crippen molar-refractivity contribution < 1.29 is 37.5 Å². The summed E-state index contributed by atoms with van der Waals surface area (Å²) in [5, 5.41) is 3.03. The molecule has 43 heavy (non-hydrogen) atoms. The van der Waals surface area contributed by atoms with Crippen LogP contribution in [0.15, 0.2) is 48.5 Å². The fourth-order valence-corrected chi connectivity index (χ4v) is 7.18. The van der Waals surface area contributed by atoms with Gasteiger partial charge in [0, 0.05) is 29.0 Å². The van der Waals surface area contributed by atoms with E-state index in [1.807, 2.05) is 45.0 Å². The number of likely N-dealkylation sites (tertiary alicyclic amines) is 1. The Morgan fingerprint density at radius 2 is 1.77 bits per heavy atom. The van der Waals surface area contributed by atoms with Crippen LogP contribution in [-0.2, 0) is 26.2 Å². The summed E-state index contributed by atoms with van der Waals surface area (Å²) in [6.07, 6.45) is 2.89. The molecule has 1 aromatic heterocycles. The Hall–Kier alpha value is -3.18.